The highest BCUT2D eigenvalue weighted by Crippen LogP contribution is 2.33. The molecule has 0 aliphatic carbocycles. The van der Waals surface area contributed by atoms with Gasteiger partial charge in [-0.2, -0.15) is 0 Å². The van der Waals surface area contributed by atoms with Gasteiger partial charge in [0, 0.05) is 34.7 Å². The van der Waals surface area contributed by atoms with E-state index < -0.39 is 0 Å². The first-order chi connectivity index (χ1) is 13.2. The molecule has 0 amide bonds. The predicted molar refractivity (Wildman–Crippen MR) is 107 cm³/mol. The summed E-state index contributed by atoms with van der Waals surface area (Å²) in [4.78, 5) is 19.3. The number of ether oxygens (including phenoxy) is 1. The molecular weight excluding hydrogens is 358 g/mol. The van der Waals surface area contributed by atoms with Gasteiger partial charge in [0.25, 0.3) is 5.56 Å². The van der Waals surface area contributed by atoms with Crippen LogP contribution < -0.4 is 5.56 Å². The van der Waals surface area contributed by atoms with E-state index >= 15 is 0 Å². The molecule has 0 bridgehead atoms. The van der Waals surface area contributed by atoms with E-state index in [0.29, 0.717) is 17.9 Å². The van der Waals surface area contributed by atoms with E-state index in [9.17, 15) is 4.79 Å². The Balaban J connectivity index is 1.73. The third-order valence-corrected chi connectivity index (χ3v) is 5.49. The van der Waals surface area contributed by atoms with Gasteiger partial charge in [0.2, 0.25) is 0 Å². The number of benzene rings is 2. The first kappa shape index (κ1) is 17.6. The van der Waals surface area contributed by atoms with Crippen LogP contribution >= 0.6 is 11.8 Å². The van der Waals surface area contributed by atoms with E-state index in [1.54, 1.807) is 18.9 Å². The number of aryl methyl sites for hydroxylation is 1. The SMILES string of the molecule is COCc1cc(=O)n2[nH]cc(-c3ccc(Sc4ccccc4)c(C)c3)c2n1. The molecule has 0 saturated heterocycles. The maximum Gasteiger partial charge on any atom is 0.272 e. The Morgan fingerprint density at radius 1 is 1.15 bits per heavy atom. The number of rotatable bonds is 5. The Labute approximate surface area is 161 Å². The second-order valence-electron chi connectivity index (χ2n) is 6.26. The molecule has 0 aliphatic rings. The third kappa shape index (κ3) is 3.54. The summed E-state index contributed by atoms with van der Waals surface area (Å²) in [6, 6.07) is 18.1. The Bertz CT molecular complexity index is 1150. The Morgan fingerprint density at radius 2 is 1.96 bits per heavy atom. The second-order valence-corrected chi connectivity index (χ2v) is 7.38. The summed E-state index contributed by atoms with van der Waals surface area (Å²) in [5.74, 6) is 0. The summed E-state index contributed by atoms with van der Waals surface area (Å²) in [5.41, 5.74) is 4.17. The lowest BCUT2D eigenvalue weighted by molar-refractivity contribution is 0.181. The molecule has 0 radical (unpaired) electrons. The van der Waals surface area contributed by atoms with Crippen molar-refractivity contribution in [3.05, 3.63) is 82.4 Å². The van der Waals surface area contributed by atoms with Crippen molar-refractivity contribution < 1.29 is 4.74 Å². The number of aromatic nitrogens is 3. The minimum Gasteiger partial charge on any atom is -0.378 e. The summed E-state index contributed by atoms with van der Waals surface area (Å²) in [5, 5.41) is 2.99. The molecule has 0 fully saturated rings. The van der Waals surface area contributed by atoms with Crippen LogP contribution in [0.5, 0.6) is 0 Å². The van der Waals surface area contributed by atoms with Gasteiger partial charge < -0.3 is 4.74 Å². The van der Waals surface area contributed by atoms with Gasteiger partial charge in [-0.05, 0) is 36.2 Å². The monoisotopic (exact) mass is 377 g/mol. The number of aromatic amines is 1. The van der Waals surface area contributed by atoms with E-state index in [2.05, 4.69) is 47.3 Å². The van der Waals surface area contributed by atoms with Gasteiger partial charge in [-0.15, -0.1) is 0 Å². The van der Waals surface area contributed by atoms with E-state index in [1.165, 1.54) is 25.9 Å². The number of hydrogen-bond acceptors (Lipinski definition) is 4. The molecule has 5 nitrogen and oxygen atoms in total. The van der Waals surface area contributed by atoms with Gasteiger partial charge in [-0.3, -0.25) is 9.89 Å². The van der Waals surface area contributed by atoms with Crippen molar-refractivity contribution in [2.24, 2.45) is 0 Å². The van der Waals surface area contributed by atoms with Crippen LogP contribution in [0.2, 0.25) is 0 Å². The average Bonchev–Trinajstić information content (AvgIpc) is 3.09. The molecule has 2 aromatic heterocycles. The lowest BCUT2D eigenvalue weighted by Crippen LogP contribution is -2.15. The zero-order chi connectivity index (χ0) is 18.8. The normalized spacial score (nSPS) is 11.2. The second kappa shape index (κ2) is 7.42. The molecule has 4 rings (SSSR count). The predicted octanol–water partition coefficient (Wildman–Crippen LogP) is 4.30. The number of nitrogens with zero attached hydrogens (tertiary/aromatic N) is 2. The number of fused-ring (bicyclic) bond motifs is 1. The zero-order valence-corrected chi connectivity index (χ0v) is 15.9. The lowest BCUT2D eigenvalue weighted by Gasteiger charge is -2.08. The van der Waals surface area contributed by atoms with E-state index in [-0.39, 0.29) is 5.56 Å². The smallest absolute Gasteiger partial charge is 0.272 e. The van der Waals surface area contributed by atoms with Crippen molar-refractivity contribution in [1.29, 1.82) is 0 Å². The highest BCUT2D eigenvalue weighted by molar-refractivity contribution is 7.99. The van der Waals surface area contributed by atoms with Crippen LogP contribution in [0.15, 0.2) is 75.4 Å². The summed E-state index contributed by atoms with van der Waals surface area (Å²) in [6.45, 7) is 2.40. The Morgan fingerprint density at radius 3 is 2.70 bits per heavy atom. The van der Waals surface area contributed by atoms with Crippen LogP contribution in [-0.2, 0) is 11.3 Å². The van der Waals surface area contributed by atoms with Crippen LogP contribution in [0.1, 0.15) is 11.3 Å². The molecule has 0 aliphatic heterocycles. The minimum absolute atomic E-state index is 0.147. The van der Waals surface area contributed by atoms with Gasteiger partial charge in [0.1, 0.15) is 0 Å². The molecule has 2 heterocycles. The molecule has 4 aromatic rings. The maximum absolute atomic E-state index is 12.3. The molecule has 0 atom stereocenters. The number of hydrogen-bond donors (Lipinski definition) is 1. The van der Waals surface area contributed by atoms with Crippen LogP contribution in [0.25, 0.3) is 16.8 Å². The van der Waals surface area contributed by atoms with Crippen molar-refractivity contribution in [2.45, 2.75) is 23.3 Å². The maximum atomic E-state index is 12.3. The van der Waals surface area contributed by atoms with Crippen LogP contribution in [0.4, 0.5) is 0 Å². The minimum atomic E-state index is -0.147. The van der Waals surface area contributed by atoms with Crippen LogP contribution in [-0.4, -0.2) is 21.7 Å². The molecule has 0 spiro atoms. The topological polar surface area (TPSA) is 59.4 Å². The highest BCUT2D eigenvalue weighted by Gasteiger charge is 2.12. The molecule has 136 valence electrons. The van der Waals surface area contributed by atoms with Crippen molar-refractivity contribution in [1.82, 2.24) is 14.6 Å². The van der Waals surface area contributed by atoms with Crippen molar-refractivity contribution in [3.8, 4) is 11.1 Å². The average molecular weight is 377 g/mol. The fourth-order valence-electron chi connectivity index (χ4n) is 3.01. The molecule has 1 N–H and O–H groups in total. The van der Waals surface area contributed by atoms with Crippen molar-refractivity contribution in [2.75, 3.05) is 7.11 Å². The van der Waals surface area contributed by atoms with Gasteiger partial charge >= 0.3 is 0 Å². The molecular formula is C21H19N3O2S. The number of methoxy groups -OCH3 is 1. The summed E-state index contributed by atoms with van der Waals surface area (Å²) < 4.78 is 6.58. The van der Waals surface area contributed by atoms with Gasteiger partial charge in [-0.1, -0.05) is 42.1 Å². The summed E-state index contributed by atoms with van der Waals surface area (Å²) in [6.07, 6.45) is 1.82. The van der Waals surface area contributed by atoms with Gasteiger partial charge in [0.05, 0.1) is 12.3 Å². The molecule has 2 aromatic carbocycles. The number of H-pyrrole nitrogens is 1. The lowest BCUT2D eigenvalue weighted by atomic mass is 10.1. The quantitative estimate of drug-likeness (QED) is 0.563. The van der Waals surface area contributed by atoms with E-state index in [4.69, 9.17) is 4.74 Å². The van der Waals surface area contributed by atoms with Crippen molar-refractivity contribution in [3.63, 3.8) is 0 Å². The first-order valence-corrected chi connectivity index (χ1v) is 9.40. The van der Waals surface area contributed by atoms with Crippen LogP contribution in [0.3, 0.4) is 0 Å². The fraction of sp³-hybridized carbons (Fsp3) is 0.143. The van der Waals surface area contributed by atoms with Crippen molar-refractivity contribution >= 4 is 17.4 Å². The first-order valence-electron chi connectivity index (χ1n) is 8.58. The van der Waals surface area contributed by atoms with E-state index in [1.807, 2.05) is 24.4 Å². The molecule has 6 heteroatoms. The Hall–Kier alpha value is -2.83. The Kier molecular flexibility index (Phi) is 4.83. The standard InChI is InChI=1S/C21H19N3O2S/c1-14-10-15(8-9-19(14)27-17-6-4-3-5-7-17)18-12-22-24-20(25)11-16(13-26-2)23-21(18)24/h3-12,22H,13H2,1-2H3. The third-order valence-electron chi connectivity index (χ3n) is 4.30. The zero-order valence-electron chi connectivity index (χ0n) is 15.1. The largest absolute Gasteiger partial charge is 0.378 e. The van der Waals surface area contributed by atoms with E-state index in [0.717, 1.165) is 11.1 Å². The molecule has 27 heavy (non-hydrogen) atoms. The van der Waals surface area contributed by atoms with Crippen LogP contribution in [0, 0.1) is 6.92 Å². The molecule has 0 saturated carbocycles. The summed E-state index contributed by atoms with van der Waals surface area (Å²) >= 11 is 1.74. The fourth-order valence-corrected chi connectivity index (χ4v) is 3.91. The molecule has 0 unspecified atom stereocenters. The number of nitrogens with one attached hydrogen (secondary N) is 1. The van der Waals surface area contributed by atoms with Gasteiger partial charge in [0.15, 0.2) is 5.65 Å². The highest BCUT2D eigenvalue weighted by atomic mass is 32.2. The summed E-state index contributed by atoms with van der Waals surface area (Å²) in [7, 11) is 1.59. The van der Waals surface area contributed by atoms with Gasteiger partial charge in [-0.25, -0.2) is 9.50 Å².